The third-order valence-electron chi connectivity index (χ3n) is 4.64. The van der Waals surface area contributed by atoms with Crippen LogP contribution in [-0.4, -0.2) is 44.5 Å². The molecule has 6 heteroatoms. The number of amides is 2. The van der Waals surface area contributed by atoms with Gasteiger partial charge in [-0.1, -0.05) is 25.1 Å². The Labute approximate surface area is 165 Å². The average Bonchev–Trinajstić information content (AvgIpc) is 2.93. The monoisotopic (exact) mass is 379 g/mol. The van der Waals surface area contributed by atoms with Gasteiger partial charge in [0.2, 0.25) is 0 Å². The van der Waals surface area contributed by atoms with Gasteiger partial charge in [0.25, 0.3) is 11.8 Å². The molecule has 0 saturated heterocycles. The molecule has 0 aliphatic carbocycles. The molecule has 0 unspecified atom stereocenters. The first-order valence-electron chi connectivity index (χ1n) is 9.26. The van der Waals surface area contributed by atoms with Crippen molar-refractivity contribution >= 4 is 28.8 Å². The number of carbonyl (C=O) groups is 2. The zero-order valence-corrected chi connectivity index (χ0v) is 16.7. The minimum Gasteiger partial charge on any atom is -0.496 e. The van der Waals surface area contributed by atoms with Gasteiger partial charge in [-0.15, -0.1) is 0 Å². The molecule has 0 spiro atoms. The van der Waals surface area contributed by atoms with E-state index in [1.807, 2.05) is 62.3 Å². The standard InChI is InChI=1S/C22H25N3O3/c1-5-14-25-21(26)19(17-8-6-7-9-18(17)28-4)20(22(25)27)23-15-10-12-16(13-11-15)24(2)3/h6-13,23H,5,14H2,1-4H3. The summed E-state index contributed by atoms with van der Waals surface area (Å²) in [5.74, 6) is -0.0625. The van der Waals surface area contributed by atoms with Crippen molar-refractivity contribution in [3.05, 3.63) is 59.8 Å². The van der Waals surface area contributed by atoms with Crippen LogP contribution in [-0.2, 0) is 9.59 Å². The van der Waals surface area contributed by atoms with Gasteiger partial charge in [0, 0.05) is 37.6 Å². The molecule has 1 heterocycles. The van der Waals surface area contributed by atoms with Gasteiger partial charge in [0.1, 0.15) is 11.4 Å². The van der Waals surface area contributed by atoms with Crippen LogP contribution >= 0.6 is 0 Å². The van der Waals surface area contributed by atoms with Crippen LogP contribution in [0.2, 0.25) is 0 Å². The van der Waals surface area contributed by atoms with Gasteiger partial charge in [-0.3, -0.25) is 14.5 Å². The second-order valence-electron chi connectivity index (χ2n) is 6.78. The summed E-state index contributed by atoms with van der Waals surface area (Å²) in [6.45, 7) is 2.32. The van der Waals surface area contributed by atoms with Crippen molar-refractivity contribution in [2.24, 2.45) is 0 Å². The first-order chi connectivity index (χ1) is 13.5. The van der Waals surface area contributed by atoms with Crippen LogP contribution in [0.3, 0.4) is 0 Å². The number of benzene rings is 2. The summed E-state index contributed by atoms with van der Waals surface area (Å²) in [4.78, 5) is 29.4. The van der Waals surface area contributed by atoms with E-state index >= 15 is 0 Å². The summed E-state index contributed by atoms with van der Waals surface area (Å²) in [7, 11) is 5.48. The molecule has 0 bridgehead atoms. The number of anilines is 2. The number of hydrogen-bond donors (Lipinski definition) is 1. The quantitative estimate of drug-likeness (QED) is 0.748. The van der Waals surface area contributed by atoms with Crippen molar-refractivity contribution in [2.45, 2.75) is 13.3 Å². The van der Waals surface area contributed by atoms with E-state index in [-0.39, 0.29) is 17.5 Å². The molecule has 6 nitrogen and oxygen atoms in total. The Morgan fingerprint density at radius 2 is 1.68 bits per heavy atom. The number of rotatable bonds is 7. The Balaban J connectivity index is 2.06. The highest BCUT2D eigenvalue weighted by molar-refractivity contribution is 6.37. The zero-order valence-electron chi connectivity index (χ0n) is 16.7. The number of nitrogens with zero attached hydrogens (tertiary/aromatic N) is 2. The molecule has 0 atom stereocenters. The Hall–Kier alpha value is -3.28. The lowest BCUT2D eigenvalue weighted by Gasteiger charge is -2.15. The molecule has 3 rings (SSSR count). The van der Waals surface area contributed by atoms with Crippen LogP contribution < -0.4 is 15.0 Å². The lowest BCUT2D eigenvalue weighted by atomic mass is 10.0. The van der Waals surface area contributed by atoms with Gasteiger partial charge < -0.3 is 15.0 Å². The molecule has 0 aromatic heterocycles. The van der Waals surface area contributed by atoms with E-state index in [1.165, 1.54) is 4.90 Å². The number of hydrogen-bond acceptors (Lipinski definition) is 5. The van der Waals surface area contributed by atoms with E-state index < -0.39 is 0 Å². The van der Waals surface area contributed by atoms with Crippen molar-refractivity contribution in [3.63, 3.8) is 0 Å². The van der Waals surface area contributed by atoms with E-state index in [4.69, 9.17) is 4.74 Å². The first kappa shape index (κ1) is 19.5. The van der Waals surface area contributed by atoms with Gasteiger partial charge in [0.15, 0.2) is 0 Å². The fourth-order valence-electron chi connectivity index (χ4n) is 3.21. The second-order valence-corrected chi connectivity index (χ2v) is 6.78. The predicted molar refractivity (Wildman–Crippen MR) is 111 cm³/mol. The molecular weight excluding hydrogens is 354 g/mol. The van der Waals surface area contributed by atoms with Crippen LogP contribution in [0.15, 0.2) is 54.2 Å². The first-order valence-corrected chi connectivity index (χ1v) is 9.26. The predicted octanol–water partition coefficient (Wildman–Crippen LogP) is 3.36. The third kappa shape index (κ3) is 3.58. The van der Waals surface area contributed by atoms with Crippen LogP contribution in [0.1, 0.15) is 18.9 Å². The summed E-state index contributed by atoms with van der Waals surface area (Å²) in [6, 6.07) is 14.9. The summed E-state index contributed by atoms with van der Waals surface area (Å²) in [6.07, 6.45) is 0.696. The Morgan fingerprint density at radius 1 is 1.00 bits per heavy atom. The highest BCUT2D eigenvalue weighted by atomic mass is 16.5. The maximum absolute atomic E-state index is 13.1. The maximum atomic E-state index is 13.1. The summed E-state index contributed by atoms with van der Waals surface area (Å²) >= 11 is 0. The molecule has 0 fully saturated rings. The third-order valence-corrected chi connectivity index (χ3v) is 4.64. The number of methoxy groups -OCH3 is 1. The molecule has 0 saturated carbocycles. The number of ether oxygens (including phenoxy) is 1. The van der Waals surface area contributed by atoms with E-state index in [0.29, 0.717) is 29.9 Å². The molecular formula is C22H25N3O3. The lowest BCUT2D eigenvalue weighted by Crippen LogP contribution is -2.33. The Bertz CT molecular complexity index is 917. The molecule has 2 aromatic rings. The fraction of sp³-hybridized carbons (Fsp3) is 0.273. The highest BCUT2D eigenvalue weighted by Gasteiger charge is 2.39. The van der Waals surface area contributed by atoms with Crippen LogP contribution in [0, 0.1) is 0 Å². The molecule has 28 heavy (non-hydrogen) atoms. The molecule has 1 N–H and O–H groups in total. The van der Waals surface area contributed by atoms with Crippen LogP contribution in [0.4, 0.5) is 11.4 Å². The summed E-state index contributed by atoms with van der Waals surface area (Å²) in [5.41, 5.74) is 3.01. The summed E-state index contributed by atoms with van der Waals surface area (Å²) < 4.78 is 5.43. The highest BCUT2D eigenvalue weighted by Crippen LogP contribution is 2.35. The van der Waals surface area contributed by atoms with E-state index in [1.54, 1.807) is 19.2 Å². The molecule has 1 aliphatic rings. The molecule has 1 aliphatic heterocycles. The van der Waals surface area contributed by atoms with Crippen molar-refractivity contribution in [2.75, 3.05) is 38.0 Å². The van der Waals surface area contributed by atoms with Crippen LogP contribution in [0.5, 0.6) is 5.75 Å². The minimum atomic E-state index is -0.315. The zero-order chi connectivity index (χ0) is 20.3. The Kier molecular flexibility index (Phi) is 5.68. The summed E-state index contributed by atoms with van der Waals surface area (Å²) in [5, 5.41) is 3.17. The van der Waals surface area contributed by atoms with E-state index in [9.17, 15) is 9.59 Å². The number of nitrogens with one attached hydrogen (secondary N) is 1. The van der Waals surface area contributed by atoms with Crippen molar-refractivity contribution < 1.29 is 14.3 Å². The molecule has 0 radical (unpaired) electrons. The second kappa shape index (κ2) is 8.17. The SMILES string of the molecule is CCCN1C(=O)C(Nc2ccc(N(C)C)cc2)=C(c2ccccc2OC)C1=O. The lowest BCUT2D eigenvalue weighted by molar-refractivity contribution is -0.136. The molecule has 2 aromatic carbocycles. The van der Waals surface area contributed by atoms with Gasteiger partial charge in [0.05, 0.1) is 12.7 Å². The largest absolute Gasteiger partial charge is 0.496 e. The van der Waals surface area contributed by atoms with Gasteiger partial charge in [-0.05, 0) is 36.8 Å². The number of para-hydroxylation sites is 1. The maximum Gasteiger partial charge on any atom is 0.278 e. The topological polar surface area (TPSA) is 61.9 Å². The molecule has 2 amide bonds. The van der Waals surface area contributed by atoms with Crippen LogP contribution in [0.25, 0.3) is 5.57 Å². The smallest absolute Gasteiger partial charge is 0.278 e. The van der Waals surface area contributed by atoms with Gasteiger partial charge in [-0.25, -0.2) is 0 Å². The van der Waals surface area contributed by atoms with E-state index in [2.05, 4.69) is 5.32 Å². The number of imide groups is 1. The molecule has 146 valence electrons. The van der Waals surface area contributed by atoms with Crippen molar-refractivity contribution in [3.8, 4) is 5.75 Å². The fourth-order valence-corrected chi connectivity index (χ4v) is 3.21. The number of carbonyl (C=O) groups excluding carboxylic acids is 2. The van der Waals surface area contributed by atoms with Gasteiger partial charge in [-0.2, -0.15) is 0 Å². The normalized spacial score (nSPS) is 13.9. The van der Waals surface area contributed by atoms with Crippen molar-refractivity contribution in [1.29, 1.82) is 0 Å². The Morgan fingerprint density at radius 3 is 2.29 bits per heavy atom. The van der Waals surface area contributed by atoms with Crippen molar-refractivity contribution in [1.82, 2.24) is 4.90 Å². The average molecular weight is 379 g/mol. The van der Waals surface area contributed by atoms with E-state index in [0.717, 1.165) is 11.4 Å². The minimum absolute atomic E-state index is 0.278. The van der Waals surface area contributed by atoms with Gasteiger partial charge >= 0.3 is 0 Å².